The maximum atomic E-state index is 11.2. The Hall–Kier alpha value is -3.40. The van der Waals surface area contributed by atoms with Crippen LogP contribution >= 0.6 is 12.2 Å². The molecular weight excluding hydrogens is 360 g/mol. The summed E-state index contributed by atoms with van der Waals surface area (Å²) in [6, 6.07) is 9.98. The lowest BCUT2D eigenvalue weighted by atomic mass is 10.1. The summed E-state index contributed by atoms with van der Waals surface area (Å²) >= 11 is 5.14. The van der Waals surface area contributed by atoms with Crippen LogP contribution in [0, 0.1) is 10.1 Å². The largest absolute Gasteiger partial charge is 0.497 e. The van der Waals surface area contributed by atoms with Gasteiger partial charge in [0.05, 0.1) is 29.9 Å². The second-order valence-electron chi connectivity index (χ2n) is 5.08. The lowest BCUT2D eigenvalue weighted by Crippen LogP contribution is -2.23. The number of ether oxygens (including phenoxy) is 3. The Morgan fingerprint density at radius 2 is 2.12 bits per heavy atom. The molecule has 1 heterocycles. The van der Waals surface area contributed by atoms with E-state index in [1.54, 1.807) is 19.2 Å². The summed E-state index contributed by atoms with van der Waals surface area (Å²) in [7, 11) is 1.57. The second-order valence-corrected chi connectivity index (χ2v) is 5.49. The van der Waals surface area contributed by atoms with Gasteiger partial charge in [0.25, 0.3) is 5.69 Å². The normalized spacial score (nSPS) is 12.0. The molecule has 2 aromatic carbocycles. The van der Waals surface area contributed by atoms with Crippen molar-refractivity contribution in [3.05, 3.63) is 52.1 Å². The van der Waals surface area contributed by atoms with Gasteiger partial charge >= 0.3 is 0 Å². The van der Waals surface area contributed by atoms with E-state index < -0.39 is 4.92 Å². The first kappa shape index (κ1) is 17.4. The molecule has 0 aromatic heterocycles. The molecule has 0 saturated carbocycles. The average Bonchev–Trinajstić information content (AvgIpc) is 3.08. The van der Waals surface area contributed by atoms with Crippen molar-refractivity contribution in [2.24, 2.45) is 5.10 Å². The van der Waals surface area contributed by atoms with Crippen molar-refractivity contribution in [2.45, 2.75) is 0 Å². The minimum absolute atomic E-state index is 0.0277. The van der Waals surface area contributed by atoms with Gasteiger partial charge in [-0.3, -0.25) is 15.5 Å². The third kappa shape index (κ3) is 3.98. The SMILES string of the molecule is COc1cccc(NC(=S)N/N=C\c2cc3c(cc2[N+](=O)[O-])OCO3)c1. The quantitative estimate of drug-likeness (QED) is 0.356. The summed E-state index contributed by atoms with van der Waals surface area (Å²) in [4.78, 5) is 10.7. The Bertz CT molecular complexity index is 887. The number of nitrogens with one attached hydrogen (secondary N) is 2. The van der Waals surface area contributed by atoms with Crippen molar-refractivity contribution in [2.75, 3.05) is 19.2 Å². The first-order valence-corrected chi connectivity index (χ1v) is 7.80. The molecule has 0 aliphatic carbocycles. The topological polar surface area (TPSA) is 107 Å². The molecule has 9 nitrogen and oxygen atoms in total. The smallest absolute Gasteiger partial charge is 0.282 e. The highest BCUT2D eigenvalue weighted by Gasteiger charge is 2.22. The zero-order valence-corrected chi connectivity index (χ0v) is 14.4. The van der Waals surface area contributed by atoms with Crippen LogP contribution in [0.5, 0.6) is 17.2 Å². The Morgan fingerprint density at radius 3 is 2.85 bits per heavy atom. The van der Waals surface area contributed by atoms with Crippen LogP contribution < -0.4 is 25.0 Å². The molecule has 3 rings (SSSR count). The fourth-order valence-electron chi connectivity index (χ4n) is 2.23. The van der Waals surface area contributed by atoms with Crippen LogP contribution in [0.1, 0.15) is 5.56 Å². The van der Waals surface area contributed by atoms with Crippen molar-refractivity contribution in [3.8, 4) is 17.2 Å². The Morgan fingerprint density at radius 1 is 1.35 bits per heavy atom. The van der Waals surface area contributed by atoms with Gasteiger partial charge in [0.2, 0.25) is 6.79 Å². The third-order valence-electron chi connectivity index (χ3n) is 3.42. The zero-order valence-electron chi connectivity index (χ0n) is 13.6. The molecule has 2 N–H and O–H groups in total. The fraction of sp³-hybridized carbons (Fsp3) is 0.125. The molecule has 0 spiro atoms. The molecule has 26 heavy (non-hydrogen) atoms. The minimum atomic E-state index is -0.518. The van der Waals surface area contributed by atoms with Crippen LogP contribution in [-0.4, -0.2) is 30.2 Å². The molecule has 0 fully saturated rings. The first-order chi connectivity index (χ1) is 12.6. The van der Waals surface area contributed by atoms with Gasteiger partial charge in [-0.15, -0.1) is 0 Å². The minimum Gasteiger partial charge on any atom is -0.497 e. The van der Waals surface area contributed by atoms with Gasteiger partial charge in [-0.2, -0.15) is 5.10 Å². The number of nitro benzene ring substituents is 1. The number of hydrogen-bond donors (Lipinski definition) is 2. The van der Waals surface area contributed by atoms with Gasteiger partial charge < -0.3 is 19.5 Å². The average molecular weight is 374 g/mol. The molecule has 0 radical (unpaired) electrons. The van der Waals surface area contributed by atoms with Crippen LogP contribution in [0.3, 0.4) is 0 Å². The van der Waals surface area contributed by atoms with E-state index in [1.807, 2.05) is 12.1 Å². The van der Waals surface area contributed by atoms with Crippen molar-refractivity contribution in [1.29, 1.82) is 0 Å². The molecule has 0 bridgehead atoms. The van der Waals surface area contributed by atoms with Crippen LogP contribution in [0.2, 0.25) is 0 Å². The van der Waals surface area contributed by atoms with E-state index in [4.69, 9.17) is 26.4 Å². The van der Waals surface area contributed by atoms with Gasteiger partial charge in [-0.1, -0.05) is 6.07 Å². The first-order valence-electron chi connectivity index (χ1n) is 7.39. The monoisotopic (exact) mass is 374 g/mol. The van der Waals surface area contributed by atoms with E-state index in [-0.39, 0.29) is 23.2 Å². The van der Waals surface area contributed by atoms with Crippen LogP contribution in [0.4, 0.5) is 11.4 Å². The van der Waals surface area contributed by atoms with Gasteiger partial charge in [0.1, 0.15) is 5.75 Å². The Balaban J connectivity index is 1.68. The summed E-state index contributed by atoms with van der Waals surface area (Å²) in [6.07, 6.45) is 1.29. The number of thiocarbonyl (C=S) groups is 1. The molecule has 0 amide bonds. The second kappa shape index (κ2) is 7.66. The Labute approximate surface area is 153 Å². The summed E-state index contributed by atoms with van der Waals surface area (Å²) in [5.74, 6) is 1.43. The maximum absolute atomic E-state index is 11.2. The van der Waals surface area contributed by atoms with Crippen molar-refractivity contribution >= 4 is 34.9 Å². The van der Waals surface area contributed by atoms with Crippen molar-refractivity contribution in [3.63, 3.8) is 0 Å². The predicted molar refractivity (Wildman–Crippen MR) is 99.2 cm³/mol. The molecule has 0 saturated heterocycles. The maximum Gasteiger partial charge on any atom is 0.282 e. The summed E-state index contributed by atoms with van der Waals surface area (Å²) in [6.45, 7) is 0.0277. The number of fused-ring (bicyclic) bond motifs is 1. The number of nitro groups is 1. The molecule has 1 aliphatic rings. The van der Waals surface area contributed by atoms with Gasteiger partial charge in [-0.25, -0.2) is 0 Å². The fourth-order valence-corrected chi connectivity index (χ4v) is 2.40. The number of methoxy groups -OCH3 is 1. The highest BCUT2D eigenvalue weighted by atomic mass is 32.1. The van der Waals surface area contributed by atoms with Gasteiger partial charge in [0, 0.05) is 11.8 Å². The number of rotatable bonds is 5. The zero-order chi connectivity index (χ0) is 18.5. The van der Waals surface area contributed by atoms with Crippen LogP contribution in [-0.2, 0) is 0 Å². The molecule has 10 heteroatoms. The number of benzene rings is 2. The van der Waals surface area contributed by atoms with E-state index in [1.165, 1.54) is 18.3 Å². The highest BCUT2D eigenvalue weighted by molar-refractivity contribution is 7.80. The van der Waals surface area contributed by atoms with E-state index >= 15 is 0 Å². The standard InChI is InChI=1S/C16H14N4O5S/c1-23-12-4-2-3-11(6-12)18-16(26)19-17-8-10-5-14-15(25-9-24-14)7-13(10)20(21)22/h2-8H,9H2,1H3,(H2,18,19,26)/b17-8-. The van der Waals surface area contributed by atoms with E-state index in [0.29, 0.717) is 22.9 Å². The molecular formula is C16H14N4O5S. The lowest BCUT2D eigenvalue weighted by molar-refractivity contribution is -0.385. The number of hydrazone groups is 1. The molecule has 134 valence electrons. The van der Waals surface area contributed by atoms with Gasteiger partial charge in [-0.05, 0) is 30.4 Å². The Kier molecular flexibility index (Phi) is 5.13. The number of anilines is 1. The summed E-state index contributed by atoms with van der Waals surface area (Å²) in [5.41, 5.74) is 3.43. The van der Waals surface area contributed by atoms with Crippen LogP contribution in [0.15, 0.2) is 41.5 Å². The van der Waals surface area contributed by atoms with Crippen LogP contribution in [0.25, 0.3) is 0 Å². The molecule has 1 aliphatic heterocycles. The van der Waals surface area contributed by atoms with Crippen molar-refractivity contribution in [1.82, 2.24) is 5.43 Å². The summed E-state index contributed by atoms with van der Waals surface area (Å²) < 4.78 is 15.5. The molecule has 0 unspecified atom stereocenters. The summed E-state index contributed by atoms with van der Waals surface area (Å²) in [5, 5.41) is 18.3. The lowest BCUT2D eigenvalue weighted by Gasteiger charge is -2.08. The molecule has 2 aromatic rings. The van der Waals surface area contributed by atoms with E-state index in [9.17, 15) is 10.1 Å². The van der Waals surface area contributed by atoms with Gasteiger partial charge in [0.15, 0.2) is 16.6 Å². The van der Waals surface area contributed by atoms with E-state index in [2.05, 4.69) is 15.8 Å². The van der Waals surface area contributed by atoms with Crippen molar-refractivity contribution < 1.29 is 19.1 Å². The number of hydrogen-bond acceptors (Lipinski definition) is 7. The molecule has 0 atom stereocenters. The predicted octanol–water partition coefficient (Wildman–Crippen LogP) is 2.65. The van der Waals surface area contributed by atoms with E-state index in [0.717, 1.165) is 0 Å². The highest BCUT2D eigenvalue weighted by Crippen LogP contribution is 2.37. The number of nitrogens with zero attached hydrogens (tertiary/aromatic N) is 2. The third-order valence-corrected chi connectivity index (χ3v) is 3.61.